The second-order valence-electron chi connectivity index (χ2n) is 7.20. The summed E-state index contributed by atoms with van der Waals surface area (Å²) in [5.41, 5.74) is 2.49. The second kappa shape index (κ2) is 8.48. The molecule has 0 N–H and O–H groups in total. The van der Waals surface area contributed by atoms with Gasteiger partial charge < -0.3 is 4.74 Å². The maximum absolute atomic E-state index is 13.1. The summed E-state index contributed by atoms with van der Waals surface area (Å²) in [7, 11) is -2.15. The summed E-state index contributed by atoms with van der Waals surface area (Å²) in [5.74, 6) is 0.817. The lowest BCUT2D eigenvalue weighted by Gasteiger charge is -2.34. The number of non-ortho nitro benzene ring substituents is 1. The highest BCUT2D eigenvalue weighted by molar-refractivity contribution is 7.89. The predicted molar refractivity (Wildman–Crippen MR) is 110 cm³/mol. The summed E-state index contributed by atoms with van der Waals surface area (Å²) in [5, 5.41) is 11.0. The highest BCUT2D eigenvalue weighted by Crippen LogP contribution is 2.27. The molecule has 1 saturated heterocycles. The van der Waals surface area contributed by atoms with Crippen LogP contribution >= 0.6 is 0 Å². The quantitative estimate of drug-likeness (QED) is 0.528. The largest absolute Gasteiger partial charge is 0.496 e. The van der Waals surface area contributed by atoms with E-state index in [4.69, 9.17) is 4.74 Å². The van der Waals surface area contributed by atoms with Gasteiger partial charge in [0.1, 0.15) is 5.75 Å². The summed E-state index contributed by atoms with van der Waals surface area (Å²) in [6.07, 6.45) is 0. The van der Waals surface area contributed by atoms with Gasteiger partial charge in [0.15, 0.2) is 0 Å². The minimum atomic E-state index is -3.79. The average molecular weight is 420 g/mol. The Morgan fingerprint density at radius 3 is 2.38 bits per heavy atom. The second-order valence-corrected chi connectivity index (χ2v) is 9.11. The van der Waals surface area contributed by atoms with Crippen LogP contribution in [0.5, 0.6) is 5.75 Å². The van der Waals surface area contributed by atoms with Crippen LogP contribution in [0.1, 0.15) is 16.7 Å². The van der Waals surface area contributed by atoms with Crippen molar-refractivity contribution < 1.29 is 18.1 Å². The molecule has 0 amide bonds. The van der Waals surface area contributed by atoms with Crippen LogP contribution in [0, 0.1) is 24.0 Å². The lowest BCUT2D eigenvalue weighted by molar-refractivity contribution is -0.385. The van der Waals surface area contributed by atoms with Crippen molar-refractivity contribution in [1.29, 1.82) is 0 Å². The Kier molecular flexibility index (Phi) is 6.21. The van der Waals surface area contributed by atoms with Crippen molar-refractivity contribution in [3.05, 3.63) is 63.2 Å². The Bertz CT molecular complexity index is 1010. The summed E-state index contributed by atoms with van der Waals surface area (Å²) in [4.78, 5) is 12.6. The third kappa shape index (κ3) is 4.58. The molecule has 29 heavy (non-hydrogen) atoms. The maximum atomic E-state index is 13.1. The van der Waals surface area contributed by atoms with Crippen LogP contribution in [0.25, 0.3) is 0 Å². The van der Waals surface area contributed by atoms with Crippen molar-refractivity contribution in [1.82, 2.24) is 9.21 Å². The van der Waals surface area contributed by atoms with Crippen LogP contribution in [0.4, 0.5) is 5.69 Å². The minimum Gasteiger partial charge on any atom is -0.496 e. The van der Waals surface area contributed by atoms with Crippen LogP contribution in [-0.2, 0) is 16.6 Å². The average Bonchev–Trinajstić information content (AvgIpc) is 2.68. The molecule has 1 aliphatic heterocycles. The minimum absolute atomic E-state index is 0.000466. The van der Waals surface area contributed by atoms with E-state index in [0.717, 1.165) is 22.9 Å². The Labute approximate surface area is 170 Å². The molecular formula is C20H25N3O5S. The standard InChI is InChI=1S/C20H25N3O5S/c1-15-4-7-19(28-3)17(12-15)14-21-8-10-22(11-9-21)29(26,27)20-13-18(23(24)25)6-5-16(20)2/h4-7,12-13H,8-11,14H2,1-3H3. The van der Waals surface area contributed by atoms with Crippen molar-refractivity contribution >= 4 is 15.7 Å². The number of ether oxygens (including phenoxy) is 1. The summed E-state index contributed by atoms with van der Waals surface area (Å²) < 4.78 is 33.0. The van der Waals surface area contributed by atoms with Gasteiger partial charge in [-0.2, -0.15) is 4.31 Å². The lowest BCUT2D eigenvalue weighted by Crippen LogP contribution is -2.48. The number of methoxy groups -OCH3 is 1. The molecule has 0 aliphatic carbocycles. The van der Waals surface area contributed by atoms with Gasteiger partial charge in [-0.1, -0.05) is 23.8 Å². The molecular weight excluding hydrogens is 394 g/mol. The van der Waals surface area contributed by atoms with E-state index in [1.807, 2.05) is 19.1 Å². The number of benzene rings is 2. The van der Waals surface area contributed by atoms with E-state index < -0.39 is 14.9 Å². The van der Waals surface area contributed by atoms with Gasteiger partial charge in [0.25, 0.3) is 5.69 Å². The van der Waals surface area contributed by atoms with Crippen LogP contribution in [-0.4, -0.2) is 55.8 Å². The molecule has 3 rings (SSSR count). The van der Waals surface area contributed by atoms with Gasteiger partial charge in [0.05, 0.1) is 16.9 Å². The molecule has 1 fully saturated rings. The topological polar surface area (TPSA) is 93.0 Å². The number of nitro groups is 1. The molecule has 156 valence electrons. The van der Waals surface area contributed by atoms with Crippen molar-refractivity contribution in [2.24, 2.45) is 0 Å². The number of sulfonamides is 1. The van der Waals surface area contributed by atoms with Gasteiger partial charge in [-0.05, 0) is 25.5 Å². The monoisotopic (exact) mass is 419 g/mol. The van der Waals surface area contributed by atoms with Gasteiger partial charge in [-0.25, -0.2) is 8.42 Å². The van der Waals surface area contributed by atoms with Gasteiger partial charge in [-0.15, -0.1) is 0 Å². The maximum Gasteiger partial charge on any atom is 0.270 e. The van der Waals surface area contributed by atoms with Crippen molar-refractivity contribution in [2.75, 3.05) is 33.3 Å². The number of hydrogen-bond acceptors (Lipinski definition) is 6. The van der Waals surface area contributed by atoms with Crippen molar-refractivity contribution in [3.8, 4) is 5.75 Å². The predicted octanol–water partition coefficient (Wildman–Crippen LogP) is 2.73. The first-order chi connectivity index (χ1) is 13.7. The molecule has 8 nitrogen and oxygen atoms in total. The lowest BCUT2D eigenvalue weighted by atomic mass is 10.1. The smallest absolute Gasteiger partial charge is 0.270 e. The van der Waals surface area contributed by atoms with E-state index in [-0.39, 0.29) is 10.6 Å². The van der Waals surface area contributed by atoms with Crippen molar-refractivity contribution in [2.45, 2.75) is 25.3 Å². The van der Waals surface area contributed by atoms with Gasteiger partial charge in [0.2, 0.25) is 10.0 Å². The molecule has 0 spiro atoms. The number of rotatable bonds is 6. The van der Waals surface area contributed by atoms with E-state index >= 15 is 0 Å². The summed E-state index contributed by atoms with van der Waals surface area (Å²) in [6, 6.07) is 9.96. The third-order valence-corrected chi connectivity index (χ3v) is 7.20. The number of nitro benzene ring substituents is 1. The molecule has 0 radical (unpaired) electrons. The molecule has 0 atom stereocenters. The van der Waals surface area contributed by atoms with E-state index in [0.29, 0.717) is 38.3 Å². The zero-order valence-corrected chi connectivity index (χ0v) is 17.6. The summed E-state index contributed by atoms with van der Waals surface area (Å²) >= 11 is 0. The van der Waals surface area contributed by atoms with E-state index in [2.05, 4.69) is 11.0 Å². The number of aryl methyl sites for hydroxylation is 2. The molecule has 2 aromatic rings. The van der Waals surface area contributed by atoms with Gasteiger partial charge >= 0.3 is 0 Å². The molecule has 2 aromatic carbocycles. The third-order valence-electron chi connectivity index (χ3n) is 5.16. The van der Waals surface area contributed by atoms with E-state index in [1.165, 1.54) is 16.4 Å². The SMILES string of the molecule is COc1ccc(C)cc1CN1CCN(S(=O)(=O)c2cc([N+](=O)[O-])ccc2C)CC1. The summed E-state index contributed by atoms with van der Waals surface area (Å²) in [6.45, 7) is 6.16. The van der Waals surface area contributed by atoms with Crippen LogP contribution in [0.3, 0.4) is 0 Å². The first kappa shape index (κ1) is 21.2. The fraction of sp³-hybridized carbons (Fsp3) is 0.400. The first-order valence-corrected chi connectivity index (χ1v) is 10.8. The Hall–Kier alpha value is -2.49. The molecule has 1 aliphatic rings. The van der Waals surface area contributed by atoms with E-state index in [9.17, 15) is 18.5 Å². The number of hydrogen-bond donors (Lipinski definition) is 0. The van der Waals surface area contributed by atoms with Crippen LogP contribution in [0.2, 0.25) is 0 Å². The normalized spacial score (nSPS) is 16.0. The first-order valence-electron chi connectivity index (χ1n) is 9.33. The Morgan fingerprint density at radius 1 is 1.07 bits per heavy atom. The fourth-order valence-corrected chi connectivity index (χ4v) is 5.19. The zero-order valence-electron chi connectivity index (χ0n) is 16.8. The van der Waals surface area contributed by atoms with E-state index in [1.54, 1.807) is 14.0 Å². The highest BCUT2D eigenvalue weighted by atomic mass is 32.2. The Balaban J connectivity index is 1.73. The van der Waals surface area contributed by atoms with Crippen LogP contribution < -0.4 is 4.74 Å². The molecule has 9 heteroatoms. The molecule has 0 bridgehead atoms. The Morgan fingerprint density at radius 2 is 1.76 bits per heavy atom. The molecule has 0 aromatic heterocycles. The number of nitrogens with zero attached hydrogens (tertiary/aromatic N) is 3. The fourth-order valence-electron chi connectivity index (χ4n) is 3.52. The molecule has 1 heterocycles. The van der Waals surface area contributed by atoms with Gasteiger partial charge in [-0.3, -0.25) is 15.0 Å². The van der Waals surface area contributed by atoms with Gasteiger partial charge in [0, 0.05) is 50.4 Å². The van der Waals surface area contributed by atoms with Crippen LogP contribution in [0.15, 0.2) is 41.3 Å². The molecule has 0 unspecified atom stereocenters. The molecule has 0 saturated carbocycles. The highest BCUT2D eigenvalue weighted by Gasteiger charge is 2.31. The van der Waals surface area contributed by atoms with Crippen molar-refractivity contribution in [3.63, 3.8) is 0 Å². The number of piperazine rings is 1. The zero-order chi connectivity index (χ0) is 21.2.